The molecular weight excluding hydrogens is 150 g/mol. The number of rotatable bonds is 4. The summed E-state index contributed by atoms with van der Waals surface area (Å²) in [6.07, 6.45) is 0. The Hall–Kier alpha value is -1.10. The summed E-state index contributed by atoms with van der Waals surface area (Å²) in [6.45, 7) is 0.918. The van der Waals surface area contributed by atoms with Crippen LogP contribution in [-0.2, 0) is 9.59 Å². The van der Waals surface area contributed by atoms with Gasteiger partial charge in [0.2, 0.25) is 5.91 Å². The number of carbonyl (C=O) groups is 2. The van der Waals surface area contributed by atoms with Gasteiger partial charge in [-0.3, -0.25) is 9.59 Å². The van der Waals surface area contributed by atoms with Crippen LogP contribution in [-0.4, -0.2) is 35.2 Å². The second-order valence-corrected chi connectivity index (χ2v) is 2.20. The van der Waals surface area contributed by atoms with Gasteiger partial charge in [-0.25, -0.2) is 0 Å². The van der Waals surface area contributed by atoms with Crippen LogP contribution < -0.4 is 5.32 Å². The van der Waals surface area contributed by atoms with E-state index in [-0.39, 0.29) is 6.54 Å². The Balaban J connectivity index is 3.54. The van der Waals surface area contributed by atoms with Crippen LogP contribution in [0.1, 0.15) is 6.92 Å². The number of carbonyl (C=O) groups excluding carboxylic acids is 1. The second-order valence-electron chi connectivity index (χ2n) is 2.20. The monoisotopic (exact) mass is 161 g/mol. The van der Waals surface area contributed by atoms with E-state index in [4.69, 9.17) is 10.2 Å². The number of carboxylic acids is 1. The van der Waals surface area contributed by atoms with E-state index in [0.29, 0.717) is 0 Å². The maximum Gasteiger partial charge on any atom is 0.308 e. The van der Waals surface area contributed by atoms with E-state index < -0.39 is 24.4 Å². The standard InChI is InChI=1S/C6H11NO4/c1-4(6(10)11)2-7-5(9)3-8/h4,8H,2-3H2,1H3,(H,7,9)(H,10,11). The van der Waals surface area contributed by atoms with E-state index in [0.717, 1.165) is 0 Å². The molecule has 0 spiro atoms. The summed E-state index contributed by atoms with van der Waals surface area (Å²) in [4.78, 5) is 20.6. The molecule has 0 aromatic rings. The Morgan fingerprint density at radius 3 is 2.45 bits per heavy atom. The molecule has 0 aliphatic rings. The van der Waals surface area contributed by atoms with Crippen LogP contribution in [0.3, 0.4) is 0 Å². The van der Waals surface area contributed by atoms with Crippen molar-refractivity contribution in [3.05, 3.63) is 0 Å². The summed E-state index contributed by atoms with van der Waals surface area (Å²) in [5.41, 5.74) is 0. The molecule has 1 unspecified atom stereocenters. The van der Waals surface area contributed by atoms with Gasteiger partial charge in [-0.15, -0.1) is 0 Å². The van der Waals surface area contributed by atoms with Gasteiger partial charge < -0.3 is 15.5 Å². The van der Waals surface area contributed by atoms with Gasteiger partial charge in [-0.1, -0.05) is 6.92 Å². The molecule has 64 valence electrons. The predicted molar refractivity (Wildman–Crippen MR) is 36.9 cm³/mol. The third kappa shape index (κ3) is 4.32. The van der Waals surface area contributed by atoms with Crippen LogP contribution in [0.4, 0.5) is 0 Å². The maximum atomic E-state index is 10.4. The lowest BCUT2D eigenvalue weighted by Crippen LogP contribution is -2.33. The maximum absolute atomic E-state index is 10.4. The van der Waals surface area contributed by atoms with Gasteiger partial charge in [0, 0.05) is 6.54 Å². The van der Waals surface area contributed by atoms with Crippen LogP contribution in [0.25, 0.3) is 0 Å². The number of amides is 1. The van der Waals surface area contributed by atoms with Gasteiger partial charge in [0.15, 0.2) is 0 Å². The van der Waals surface area contributed by atoms with Crippen LogP contribution in [0.15, 0.2) is 0 Å². The van der Waals surface area contributed by atoms with Gasteiger partial charge in [-0.2, -0.15) is 0 Å². The number of aliphatic carboxylic acids is 1. The minimum Gasteiger partial charge on any atom is -0.481 e. The number of nitrogens with one attached hydrogen (secondary N) is 1. The van der Waals surface area contributed by atoms with Gasteiger partial charge in [0.25, 0.3) is 0 Å². The SMILES string of the molecule is CC(CNC(=O)CO)C(=O)O. The molecule has 11 heavy (non-hydrogen) atoms. The van der Waals surface area contributed by atoms with Crippen LogP contribution in [0, 0.1) is 5.92 Å². The molecule has 5 heteroatoms. The van der Waals surface area contributed by atoms with E-state index in [1.807, 2.05) is 0 Å². The first kappa shape index (κ1) is 9.90. The summed E-state index contributed by atoms with van der Waals surface area (Å²) in [5, 5.41) is 18.8. The van der Waals surface area contributed by atoms with Gasteiger partial charge in [-0.05, 0) is 0 Å². The quantitative estimate of drug-likeness (QED) is 0.484. The lowest BCUT2D eigenvalue weighted by atomic mass is 10.2. The number of carboxylic acid groups (broad SMARTS) is 1. The lowest BCUT2D eigenvalue weighted by Gasteiger charge is -2.05. The Labute approximate surface area is 64.0 Å². The largest absolute Gasteiger partial charge is 0.481 e. The fourth-order valence-corrected chi connectivity index (χ4v) is 0.410. The van der Waals surface area contributed by atoms with Crippen molar-refractivity contribution in [1.82, 2.24) is 5.32 Å². The first-order valence-electron chi connectivity index (χ1n) is 3.18. The number of aliphatic hydroxyl groups is 1. The summed E-state index contributed by atoms with van der Waals surface area (Å²) in [6, 6.07) is 0. The number of hydrogen-bond acceptors (Lipinski definition) is 3. The molecule has 3 N–H and O–H groups in total. The van der Waals surface area contributed by atoms with Gasteiger partial charge in [0.05, 0.1) is 5.92 Å². The molecule has 1 atom stereocenters. The summed E-state index contributed by atoms with van der Waals surface area (Å²) in [5.74, 6) is -2.15. The summed E-state index contributed by atoms with van der Waals surface area (Å²) < 4.78 is 0. The smallest absolute Gasteiger partial charge is 0.308 e. The molecule has 0 aliphatic carbocycles. The third-order valence-electron chi connectivity index (χ3n) is 1.17. The van der Waals surface area contributed by atoms with Crippen molar-refractivity contribution in [2.45, 2.75) is 6.92 Å². The first-order valence-corrected chi connectivity index (χ1v) is 3.18. The minimum atomic E-state index is -0.969. The van der Waals surface area contributed by atoms with E-state index in [2.05, 4.69) is 5.32 Å². The molecule has 0 aromatic heterocycles. The fourth-order valence-electron chi connectivity index (χ4n) is 0.410. The van der Waals surface area contributed by atoms with Gasteiger partial charge >= 0.3 is 5.97 Å². The minimum absolute atomic E-state index is 0.0503. The molecule has 0 bridgehead atoms. The average Bonchev–Trinajstić information content (AvgIpc) is 1.99. The van der Waals surface area contributed by atoms with Crippen molar-refractivity contribution in [3.8, 4) is 0 Å². The van der Waals surface area contributed by atoms with Crippen LogP contribution >= 0.6 is 0 Å². The molecule has 0 saturated carbocycles. The zero-order chi connectivity index (χ0) is 8.85. The molecule has 0 saturated heterocycles. The molecule has 0 aromatic carbocycles. The Morgan fingerprint density at radius 1 is 1.55 bits per heavy atom. The topological polar surface area (TPSA) is 86.6 Å². The second kappa shape index (κ2) is 4.68. The Morgan fingerprint density at radius 2 is 2.09 bits per heavy atom. The molecule has 0 aliphatic heterocycles. The number of aliphatic hydroxyl groups excluding tert-OH is 1. The summed E-state index contributed by atoms with van der Waals surface area (Å²) >= 11 is 0. The van der Waals surface area contributed by atoms with E-state index in [9.17, 15) is 9.59 Å². The van der Waals surface area contributed by atoms with Crippen LogP contribution in [0.5, 0.6) is 0 Å². The predicted octanol–water partition coefficient (Wildman–Crippen LogP) is -1.18. The average molecular weight is 161 g/mol. The molecule has 5 nitrogen and oxygen atoms in total. The molecular formula is C6H11NO4. The molecule has 0 fully saturated rings. The highest BCUT2D eigenvalue weighted by Gasteiger charge is 2.10. The van der Waals surface area contributed by atoms with Crippen molar-refractivity contribution < 1.29 is 19.8 Å². The highest BCUT2D eigenvalue weighted by molar-refractivity contribution is 5.78. The zero-order valence-corrected chi connectivity index (χ0v) is 6.20. The van der Waals surface area contributed by atoms with Gasteiger partial charge in [0.1, 0.15) is 6.61 Å². The van der Waals surface area contributed by atoms with Crippen molar-refractivity contribution in [3.63, 3.8) is 0 Å². The molecule has 0 rings (SSSR count). The van der Waals surface area contributed by atoms with Crippen molar-refractivity contribution in [2.24, 2.45) is 5.92 Å². The fraction of sp³-hybridized carbons (Fsp3) is 0.667. The third-order valence-corrected chi connectivity index (χ3v) is 1.17. The van der Waals surface area contributed by atoms with E-state index in [1.165, 1.54) is 6.92 Å². The van der Waals surface area contributed by atoms with E-state index >= 15 is 0 Å². The van der Waals surface area contributed by atoms with Crippen molar-refractivity contribution >= 4 is 11.9 Å². The van der Waals surface area contributed by atoms with E-state index in [1.54, 1.807) is 0 Å². The Kier molecular flexibility index (Phi) is 4.21. The number of hydrogen-bond donors (Lipinski definition) is 3. The molecule has 0 radical (unpaired) electrons. The van der Waals surface area contributed by atoms with Crippen molar-refractivity contribution in [2.75, 3.05) is 13.2 Å². The van der Waals surface area contributed by atoms with Crippen LogP contribution in [0.2, 0.25) is 0 Å². The normalized spacial score (nSPS) is 12.2. The lowest BCUT2D eigenvalue weighted by molar-refractivity contribution is -0.141. The summed E-state index contributed by atoms with van der Waals surface area (Å²) in [7, 11) is 0. The van der Waals surface area contributed by atoms with Crippen molar-refractivity contribution in [1.29, 1.82) is 0 Å². The molecule has 1 amide bonds. The Bertz CT molecular complexity index is 157. The highest BCUT2D eigenvalue weighted by atomic mass is 16.4. The first-order chi connectivity index (χ1) is 5.07. The highest BCUT2D eigenvalue weighted by Crippen LogP contribution is 1.90. The zero-order valence-electron chi connectivity index (χ0n) is 6.20. The molecule has 0 heterocycles.